The number of aromatic carboxylic acids is 2. The fraction of sp³-hybridized carbons (Fsp3) is 0.111. The van der Waals surface area contributed by atoms with Crippen LogP contribution in [0.1, 0.15) is 31.1 Å². The molecule has 0 bridgehead atoms. The smallest absolute Gasteiger partial charge is 0.339 e. The Morgan fingerprint density at radius 2 is 1.56 bits per heavy atom. The molecule has 1 amide bonds. The molecule has 2 aromatic rings. The minimum Gasteiger partial charge on any atom is -0.484 e. The Morgan fingerprint density at radius 1 is 0.963 bits per heavy atom. The Kier molecular flexibility index (Phi) is 6.10. The van der Waals surface area contributed by atoms with Crippen LogP contribution in [0.5, 0.6) is 5.75 Å². The summed E-state index contributed by atoms with van der Waals surface area (Å²) in [5.41, 5.74) is -0.222. The molecular formula is C18H15NO8. The number of hydrogen-bond acceptors (Lipinski definition) is 6. The van der Waals surface area contributed by atoms with Crippen LogP contribution in [0.2, 0.25) is 0 Å². The van der Waals surface area contributed by atoms with Gasteiger partial charge in [-0.3, -0.25) is 4.79 Å². The first-order valence-electron chi connectivity index (χ1n) is 7.53. The summed E-state index contributed by atoms with van der Waals surface area (Å²) in [4.78, 5) is 45.9. The summed E-state index contributed by atoms with van der Waals surface area (Å²) in [5, 5.41) is 20.5. The van der Waals surface area contributed by atoms with Crippen LogP contribution in [0.4, 0.5) is 5.69 Å². The Labute approximate surface area is 153 Å². The molecule has 0 saturated carbocycles. The molecule has 9 nitrogen and oxygen atoms in total. The highest BCUT2D eigenvalue weighted by atomic mass is 16.5. The van der Waals surface area contributed by atoms with Crippen LogP contribution < -0.4 is 10.1 Å². The number of methoxy groups -OCH3 is 1. The number of para-hydroxylation sites is 1. The van der Waals surface area contributed by atoms with Crippen molar-refractivity contribution in [1.82, 2.24) is 0 Å². The number of hydrogen-bond donors (Lipinski definition) is 3. The van der Waals surface area contributed by atoms with Gasteiger partial charge in [-0.2, -0.15) is 0 Å². The molecular weight excluding hydrogens is 358 g/mol. The lowest BCUT2D eigenvalue weighted by Gasteiger charge is -2.11. The summed E-state index contributed by atoms with van der Waals surface area (Å²) in [7, 11) is 1.21. The van der Waals surface area contributed by atoms with Gasteiger partial charge in [-0.05, 0) is 30.3 Å². The molecule has 0 spiro atoms. The molecule has 0 aliphatic heterocycles. The lowest BCUT2D eigenvalue weighted by Crippen LogP contribution is -2.22. The minimum atomic E-state index is -1.33. The Bertz CT molecular complexity index is 874. The first-order valence-corrected chi connectivity index (χ1v) is 7.53. The van der Waals surface area contributed by atoms with Crippen molar-refractivity contribution in [2.24, 2.45) is 0 Å². The third-order valence-electron chi connectivity index (χ3n) is 3.38. The number of rotatable bonds is 7. The number of carbonyl (C=O) groups excluding carboxylic acids is 2. The van der Waals surface area contributed by atoms with Gasteiger partial charge in [0, 0.05) is 0 Å². The average molecular weight is 373 g/mol. The van der Waals surface area contributed by atoms with Crippen LogP contribution in [0.25, 0.3) is 0 Å². The van der Waals surface area contributed by atoms with E-state index in [1.807, 2.05) is 0 Å². The number of ether oxygens (including phenoxy) is 2. The van der Waals surface area contributed by atoms with E-state index in [1.54, 1.807) is 12.1 Å². The largest absolute Gasteiger partial charge is 0.484 e. The second kappa shape index (κ2) is 8.48. The molecule has 27 heavy (non-hydrogen) atoms. The van der Waals surface area contributed by atoms with Crippen molar-refractivity contribution in [2.75, 3.05) is 19.0 Å². The van der Waals surface area contributed by atoms with Crippen LogP contribution in [0.15, 0.2) is 42.5 Å². The van der Waals surface area contributed by atoms with Gasteiger partial charge in [-0.25, -0.2) is 14.4 Å². The van der Waals surface area contributed by atoms with Crippen LogP contribution in [-0.4, -0.2) is 47.7 Å². The van der Waals surface area contributed by atoms with Gasteiger partial charge in [0.2, 0.25) is 0 Å². The zero-order valence-corrected chi connectivity index (χ0v) is 14.1. The van der Waals surface area contributed by atoms with Gasteiger partial charge >= 0.3 is 17.9 Å². The highest BCUT2D eigenvalue weighted by molar-refractivity contribution is 6.01. The summed E-state index contributed by atoms with van der Waals surface area (Å²) < 4.78 is 9.82. The fourth-order valence-corrected chi connectivity index (χ4v) is 2.14. The van der Waals surface area contributed by atoms with Crippen molar-refractivity contribution in [3.63, 3.8) is 0 Å². The molecule has 0 aromatic heterocycles. The maximum Gasteiger partial charge on any atom is 0.339 e. The van der Waals surface area contributed by atoms with Gasteiger partial charge in [0.25, 0.3) is 5.91 Å². The van der Waals surface area contributed by atoms with E-state index < -0.39 is 30.4 Å². The quantitative estimate of drug-likeness (QED) is 0.625. The summed E-state index contributed by atoms with van der Waals surface area (Å²) in [5.74, 6) is -4.03. The van der Waals surface area contributed by atoms with E-state index >= 15 is 0 Å². The Balaban J connectivity index is 2.11. The standard InChI is InChI=1S/C18H15NO8/c1-26-18(25)13-4-2-3-5-14(13)19-15(20)9-27-12-7-10(16(21)22)6-11(8-12)17(23)24/h2-8H,9H2,1H3,(H,19,20)(H,21,22)(H,23,24). The van der Waals surface area contributed by atoms with Crippen LogP contribution >= 0.6 is 0 Å². The molecule has 0 aliphatic rings. The van der Waals surface area contributed by atoms with Crippen molar-refractivity contribution < 1.29 is 38.9 Å². The second-order valence-corrected chi connectivity index (χ2v) is 5.23. The maximum absolute atomic E-state index is 12.1. The second-order valence-electron chi connectivity index (χ2n) is 5.23. The number of nitrogens with one attached hydrogen (secondary N) is 1. The van der Waals surface area contributed by atoms with Gasteiger partial charge in [-0.15, -0.1) is 0 Å². The van der Waals surface area contributed by atoms with E-state index in [0.29, 0.717) is 0 Å². The third-order valence-corrected chi connectivity index (χ3v) is 3.38. The molecule has 2 rings (SSSR count). The van der Waals surface area contributed by atoms with E-state index in [0.717, 1.165) is 18.2 Å². The van der Waals surface area contributed by atoms with Gasteiger partial charge in [0.1, 0.15) is 5.75 Å². The van der Waals surface area contributed by atoms with Crippen LogP contribution in [0, 0.1) is 0 Å². The molecule has 0 aliphatic carbocycles. The average Bonchev–Trinajstić information content (AvgIpc) is 2.65. The zero-order valence-electron chi connectivity index (χ0n) is 14.1. The number of anilines is 1. The highest BCUT2D eigenvalue weighted by Crippen LogP contribution is 2.19. The fourth-order valence-electron chi connectivity index (χ4n) is 2.14. The molecule has 3 N–H and O–H groups in total. The molecule has 9 heteroatoms. The number of carbonyl (C=O) groups is 4. The molecule has 0 saturated heterocycles. The minimum absolute atomic E-state index is 0.0938. The van der Waals surface area contributed by atoms with E-state index in [2.05, 4.69) is 10.1 Å². The summed E-state index contributed by atoms with van der Waals surface area (Å²) in [6.45, 7) is -0.530. The van der Waals surface area contributed by atoms with Crippen LogP contribution in [0.3, 0.4) is 0 Å². The van der Waals surface area contributed by atoms with Crippen molar-refractivity contribution in [3.8, 4) is 5.75 Å². The van der Waals surface area contributed by atoms with Gasteiger partial charge in [0.05, 0.1) is 29.5 Å². The van der Waals surface area contributed by atoms with Crippen molar-refractivity contribution in [2.45, 2.75) is 0 Å². The Hall–Kier alpha value is -3.88. The lowest BCUT2D eigenvalue weighted by atomic mass is 10.1. The highest BCUT2D eigenvalue weighted by Gasteiger charge is 2.15. The van der Waals surface area contributed by atoms with Crippen molar-refractivity contribution >= 4 is 29.5 Å². The summed E-state index contributed by atoms with van der Waals surface area (Å²) >= 11 is 0. The predicted octanol–water partition coefficient (Wildman–Crippen LogP) is 1.89. The maximum atomic E-state index is 12.1. The van der Waals surface area contributed by atoms with Crippen molar-refractivity contribution in [1.29, 1.82) is 0 Å². The molecule has 140 valence electrons. The van der Waals surface area contributed by atoms with Crippen LogP contribution in [-0.2, 0) is 9.53 Å². The van der Waals surface area contributed by atoms with Gasteiger partial charge in [-0.1, -0.05) is 12.1 Å². The monoisotopic (exact) mass is 373 g/mol. The zero-order chi connectivity index (χ0) is 20.0. The van der Waals surface area contributed by atoms with Gasteiger partial charge < -0.3 is 25.0 Å². The SMILES string of the molecule is COC(=O)c1ccccc1NC(=O)COc1cc(C(=O)O)cc(C(=O)O)c1. The van der Waals surface area contributed by atoms with Gasteiger partial charge in [0.15, 0.2) is 6.61 Å². The van der Waals surface area contributed by atoms with E-state index in [1.165, 1.54) is 19.2 Å². The normalized spacial score (nSPS) is 9.96. The summed E-state index contributed by atoms with van der Waals surface area (Å²) in [6, 6.07) is 9.36. The number of carboxylic acids is 2. The van der Waals surface area contributed by atoms with Crippen molar-refractivity contribution in [3.05, 3.63) is 59.2 Å². The predicted molar refractivity (Wildman–Crippen MR) is 92.3 cm³/mol. The third kappa shape index (κ3) is 5.05. The van der Waals surface area contributed by atoms with E-state index in [9.17, 15) is 19.2 Å². The molecule has 2 aromatic carbocycles. The topological polar surface area (TPSA) is 139 Å². The lowest BCUT2D eigenvalue weighted by molar-refractivity contribution is -0.118. The first-order chi connectivity index (χ1) is 12.8. The summed E-state index contributed by atoms with van der Waals surface area (Å²) in [6.07, 6.45) is 0. The van der Waals surface area contributed by atoms with E-state index in [4.69, 9.17) is 14.9 Å². The molecule has 0 fully saturated rings. The molecule has 0 heterocycles. The molecule has 0 radical (unpaired) electrons. The number of benzene rings is 2. The molecule has 0 atom stereocenters. The Morgan fingerprint density at radius 3 is 2.11 bits per heavy atom. The molecule has 0 unspecified atom stereocenters. The number of carboxylic acid groups (broad SMARTS) is 2. The number of esters is 1. The van der Waals surface area contributed by atoms with E-state index in [-0.39, 0.29) is 28.1 Å². The first kappa shape index (κ1) is 19.4. The number of amides is 1.